The molecule has 0 rings (SSSR count). The van der Waals surface area contributed by atoms with Crippen molar-refractivity contribution >= 4 is 41.3 Å². The lowest BCUT2D eigenvalue weighted by molar-refractivity contribution is -0.157. The van der Waals surface area contributed by atoms with Gasteiger partial charge in [-0.2, -0.15) is 11.8 Å². The molecule has 0 aliphatic carbocycles. The third kappa shape index (κ3) is 12.0. The maximum Gasteiger partial charge on any atom is 0.305 e. The third-order valence-corrected chi connectivity index (χ3v) is 5.45. The number of aliphatic hydroxyl groups excluding tert-OH is 1. The quantitative estimate of drug-likeness (QED) is 0.272. The van der Waals surface area contributed by atoms with E-state index in [0.717, 1.165) is 0 Å². The van der Waals surface area contributed by atoms with Gasteiger partial charge in [-0.3, -0.25) is 24.0 Å². The van der Waals surface area contributed by atoms with Crippen LogP contribution in [0.5, 0.6) is 0 Å². The van der Waals surface area contributed by atoms with Gasteiger partial charge in [0.1, 0.15) is 24.8 Å². The number of hydrogen-bond donors (Lipinski definition) is 3. The van der Waals surface area contributed by atoms with Crippen LogP contribution in [0.15, 0.2) is 0 Å². The number of nitrogens with one attached hydrogen (secondary N) is 2. The average Bonchev–Trinajstić information content (AvgIpc) is 2.78. The van der Waals surface area contributed by atoms with Gasteiger partial charge in [-0.1, -0.05) is 34.6 Å². The van der Waals surface area contributed by atoms with E-state index in [1.807, 2.05) is 0 Å². The van der Waals surface area contributed by atoms with Gasteiger partial charge in [-0.05, 0) is 0 Å². The van der Waals surface area contributed by atoms with Gasteiger partial charge < -0.3 is 25.2 Å². The van der Waals surface area contributed by atoms with Gasteiger partial charge in [0.15, 0.2) is 5.78 Å². The monoisotopic (exact) mass is 476 g/mol. The summed E-state index contributed by atoms with van der Waals surface area (Å²) in [6.07, 6.45) is -0.200. The number of esters is 2. The summed E-state index contributed by atoms with van der Waals surface area (Å²) in [5.74, 6) is -2.20. The zero-order chi connectivity index (χ0) is 24.7. The summed E-state index contributed by atoms with van der Waals surface area (Å²) in [5.41, 5.74) is 0. The average molecular weight is 477 g/mol. The molecule has 0 heterocycles. The number of ketones is 1. The van der Waals surface area contributed by atoms with E-state index in [2.05, 4.69) is 10.6 Å². The molecule has 32 heavy (non-hydrogen) atoms. The first-order chi connectivity index (χ1) is 15.1. The Morgan fingerprint density at radius 3 is 2.00 bits per heavy atom. The molecular weight excluding hydrogens is 440 g/mol. The van der Waals surface area contributed by atoms with Crippen LogP contribution in [-0.4, -0.2) is 77.5 Å². The second-order valence-electron chi connectivity index (χ2n) is 7.31. The molecule has 0 saturated heterocycles. The standard InChI is InChI=1S/C21H36N2O8S/c1-6-17(25)22-16(21(29)23-15(9-24)20(28)13(4)5)12-32-11-14(31-19(27)8-3)10-30-18(26)7-2/h13-16,24H,6-12H2,1-5H3,(H,22,25)(H,23,29). The summed E-state index contributed by atoms with van der Waals surface area (Å²) in [5, 5.41) is 14.5. The predicted octanol–water partition coefficient (Wildman–Crippen LogP) is 0.592. The van der Waals surface area contributed by atoms with E-state index in [4.69, 9.17) is 9.47 Å². The number of rotatable bonds is 16. The highest BCUT2D eigenvalue weighted by atomic mass is 32.2. The number of amides is 2. The molecule has 3 atom stereocenters. The molecule has 0 spiro atoms. The van der Waals surface area contributed by atoms with Crippen molar-refractivity contribution < 1.29 is 38.6 Å². The van der Waals surface area contributed by atoms with Crippen LogP contribution in [0, 0.1) is 5.92 Å². The van der Waals surface area contributed by atoms with E-state index in [1.165, 1.54) is 11.8 Å². The molecule has 0 aromatic heterocycles. The largest absolute Gasteiger partial charge is 0.462 e. The summed E-state index contributed by atoms with van der Waals surface area (Å²) < 4.78 is 10.3. The highest BCUT2D eigenvalue weighted by molar-refractivity contribution is 7.99. The number of ether oxygens (including phenoxy) is 2. The molecule has 2 amide bonds. The minimum absolute atomic E-state index is 0.112. The fourth-order valence-corrected chi connectivity index (χ4v) is 3.39. The van der Waals surface area contributed by atoms with Crippen LogP contribution < -0.4 is 10.6 Å². The molecule has 0 aliphatic rings. The Bertz CT molecular complexity index is 641. The summed E-state index contributed by atoms with van der Waals surface area (Å²) in [6.45, 7) is 7.58. The normalized spacial score (nSPS) is 13.6. The first-order valence-corrected chi connectivity index (χ1v) is 11.9. The SMILES string of the molecule is CCC(=O)NC(CSCC(COC(=O)CC)OC(=O)CC)C(=O)NC(CO)C(=O)C(C)C. The summed E-state index contributed by atoms with van der Waals surface area (Å²) in [7, 11) is 0. The van der Waals surface area contributed by atoms with Crippen molar-refractivity contribution in [1.29, 1.82) is 0 Å². The third-order valence-electron chi connectivity index (χ3n) is 4.28. The van der Waals surface area contributed by atoms with E-state index < -0.39 is 42.6 Å². The Kier molecular flexibility index (Phi) is 15.4. The molecule has 0 aromatic rings. The Morgan fingerprint density at radius 2 is 1.50 bits per heavy atom. The molecule has 0 saturated carbocycles. The molecule has 0 fully saturated rings. The number of aliphatic hydroxyl groups is 1. The molecule has 3 unspecified atom stereocenters. The van der Waals surface area contributed by atoms with Crippen molar-refractivity contribution in [3.63, 3.8) is 0 Å². The van der Waals surface area contributed by atoms with Crippen LogP contribution in [0.2, 0.25) is 0 Å². The second kappa shape index (κ2) is 16.5. The van der Waals surface area contributed by atoms with E-state index >= 15 is 0 Å². The smallest absolute Gasteiger partial charge is 0.305 e. The molecule has 3 N–H and O–H groups in total. The highest BCUT2D eigenvalue weighted by Crippen LogP contribution is 2.11. The van der Waals surface area contributed by atoms with Gasteiger partial charge in [0.25, 0.3) is 0 Å². The minimum Gasteiger partial charge on any atom is -0.462 e. The maximum absolute atomic E-state index is 12.7. The van der Waals surface area contributed by atoms with Crippen LogP contribution in [0.4, 0.5) is 0 Å². The van der Waals surface area contributed by atoms with Crippen molar-refractivity contribution in [1.82, 2.24) is 10.6 Å². The first-order valence-electron chi connectivity index (χ1n) is 10.8. The molecule has 0 aromatic carbocycles. The van der Waals surface area contributed by atoms with Crippen LogP contribution >= 0.6 is 11.8 Å². The zero-order valence-corrected chi connectivity index (χ0v) is 20.3. The highest BCUT2D eigenvalue weighted by Gasteiger charge is 2.28. The van der Waals surface area contributed by atoms with Gasteiger partial charge >= 0.3 is 11.9 Å². The van der Waals surface area contributed by atoms with E-state index in [0.29, 0.717) is 0 Å². The Balaban J connectivity index is 5.11. The summed E-state index contributed by atoms with van der Waals surface area (Å²) in [4.78, 5) is 59.8. The molecule has 11 heteroatoms. The number of Topliss-reactive ketones (excluding diaryl/α,β-unsaturated/α-hetero) is 1. The maximum atomic E-state index is 12.7. The molecule has 0 radical (unpaired) electrons. The van der Waals surface area contributed by atoms with E-state index in [1.54, 1.807) is 34.6 Å². The lowest BCUT2D eigenvalue weighted by Crippen LogP contribution is -2.54. The lowest BCUT2D eigenvalue weighted by atomic mass is 10.0. The fourth-order valence-electron chi connectivity index (χ4n) is 2.35. The topological polar surface area (TPSA) is 148 Å². The molecular formula is C21H36N2O8S. The molecule has 10 nitrogen and oxygen atoms in total. The van der Waals surface area contributed by atoms with Crippen LogP contribution in [0.25, 0.3) is 0 Å². The summed E-state index contributed by atoms with van der Waals surface area (Å²) >= 11 is 1.22. The Hall–Kier alpha value is -2.14. The van der Waals surface area contributed by atoms with Crippen LogP contribution in [0.1, 0.15) is 53.9 Å². The molecule has 0 bridgehead atoms. The number of thioether (sulfide) groups is 1. The van der Waals surface area contributed by atoms with Crippen molar-refractivity contribution in [2.75, 3.05) is 24.7 Å². The second-order valence-corrected chi connectivity index (χ2v) is 8.39. The Labute approximate surface area is 193 Å². The molecule has 0 aliphatic heterocycles. The van der Waals surface area contributed by atoms with Gasteiger partial charge in [-0.25, -0.2) is 0 Å². The van der Waals surface area contributed by atoms with Gasteiger partial charge in [-0.15, -0.1) is 0 Å². The summed E-state index contributed by atoms with van der Waals surface area (Å²) in [6, 6.07) is -2.04. The predicted molar refractivity (Wildman–Crippen MR) is 120 cm³/mol. The van der Waals surface area contributed by atoms with Crippen molar-refractivity contribution in [3.05, 3.63) is 0 Å². The van der Waals surface area contributed by atoms with Gasteiger partial charge in [0, 0.05) is 36.7 Å². The van der Waals surface area contributed by atoms with Crippen molar-refractivity contribution in [3.8, 4) is 0 Å². The van der Waals surface area contributed by atoms with Crippen LogP contribution in [-0.2, 0) is 33.4 Å². The first kappa shape index (κ1) is 29.9. The number of carbonyl (C=O) groups excluding carboxylic acids is 5. The van der Waals surface area contributed by atoms with E-state index in [9.17, 15) is 29.1 Å². The lowest BCUT2D eigenvalue weighted by Gasteiger charge is -2.23. The Morgan fingerprint density at radius 1 is 0.875 bits per heavy atom. The zero-order valence-electron chi connectivity index (χ0n) is 19.5. The van der Waals surface area contributed by atoms with E-state index in [-0.39, 0.29) is 55.0 Å². The fraction of sp³-hybridized carbons (Fsp3) is 0.762. The minimum atomic E-state index is -1.07. The van der Waals surface area contributed by atoms with Crippen molar-refractivity contribution in [2.45, 2.75) is 72.1 Å². The molecule has 184 valence electrons. The van der Waals surface area contributed by atoms with Gasteiger partial charge in [0.2, 0.25) is 11.8 Å². The number of hydrogen-bond acceptors (Lipinski definition) is 9. The van der Waals surface area contributed by atoms with Crippen LogP contribution in [0.3, 0.4) is 0 Å². The van der Waals surface area contributed by atoms with Gasteiger partial charge in [0.05, 0.1) is 6.61 Å². The number of carbonyl (C=O) groups is 5. The van der Waals surface area contributed by atoms with Crippen molar-refractivity contribution in [2.24, 2.45) is 5.92 Å².